The van der Waals surface area contributed by atoms with Crippen LogP contribution in [-0.2, 0) is 9.47 Å². The number of benzene rings is 1. The number of pyridine rings is 1. The van der Waals surface area contributed by atoms with Gasteiger partial charge in [-0.15, -0.1) is 0 Å². The first-order valence-electron chi connectivity index (χ1n) is 6.52. The molecule has 2 aromatic rings. The third-order valence-electron chi connectivity index (χ3n) is 2.84. The van der Waals surface area contributed by atoms with Gasteiger partial charge in [-0.3, -0.25) is 4.79 Å². The predicted octanol–water partition coefficient (Wildman–Crippen LogP) is 2.11. The third kappa shape index (κ3) is 3.24. The molecule has 0 radical (unpaired) electrons. The van der Waals surface area contributed by atoms with Gasteiger partial charge in [-0.2, -0.15) is 0 Å². The summed E-state index contributed by atoms with van der Waals surface area (Å²) in [5.41, 5.74) is 0.251. The van der Waals surface area contributed by atoms with Gasteiger partial charge in [0.05, 0.1) is 6.61 Å². The van der Waals surface area contributed by atoms with E-state index in [0.29, 0.717) is 18.7 Å². The summed E-state index contributed by atoms with van der Waals surface area (Å²) < 4.78 is 10.4. The van der Waals surface area contributed by atoms with Crippen LogP contribution in [0.2, 0.25) is 0 Å². The summed E-state index contributed by atoms with van der Waals surface area (Å²) in [5, 5.41) is 0.788. The Morgan fingerprint density at radius 2 is 2.10 bits per heavy atom. The highest BCUT2D eigenvalue weighted by molar-refractivity contribution is 5.93. The topological polar surface area (TPSA) is 68.4 Å². The molecule has 5 nitrogen and oxygen atoms in total. The molecule has 1 aromatic carbocycles. The minimum atomic E-state index is -0.635. The molecule has 1 aromatic heterocycles. The van der Waals surface area contributed by atoms with Gasteiger partial charge in [-0.1, -0.05) is 18.2 Å². The number of nitrogens with one attached hydrogen (secondary N) is 1. The first-order valence-corrected chi connectivity index (χ1v) is 6.52. The van der Waals surface area contributed by atoms with E-state index in [-0.39, 0.29) is 5.56 Å². The Bertz CT molecular complexity index is 662. The quantitative estimate of drug-likeness (QED) is 0.849. The van der Waals surface area contributed by atoms with Crippen LogP contribution in [0.25, 0.3) is 10.9 Å². The lowest BCUT2D eigenvalue weighted by Gasteiger charge is -2.12. The lowest BCUT2D eigenvalue weighted by Crippen LogP contribution is -2.25. The number of carbonyl (C=O) groups is 1. The van der Waals surface area contributed by atoms with Gasteiger partial charge in [0, 0.05) is 12.1 Å². The molecular formula is C15H17NO4. The lowest BCUT2D eigenvalue weighted by molar-refractivity contribution is 0.00425. The second-order valence-electron chi connectivity index (χ2n) is 4.47. The molecule has 0 unspecified atom stereocenters. The van der Waals surface area contributed by atoms with Crippen molar-refractivity contribution < 1.29 is 14.3 Å². The Morgan fingerprint density at radius 3 is 2.85 bits per heavy atom. The van der Waals surface area contributed by atoms with Gasteiger partial charge >= 0.3 is 5.97 Å². The smallest absolute Gasteiger partial charge is 0.344 e. The van der Waals surface area contributed by atoms with Crippen molar-refractivity contribution in [2.75, 3.05) is 13.2 Å². The van der Waals surface area contributed by atoms with Gasteiger partial charge in [0.15, 0.2) is 0 Å². The second-order valence-corrected chi connectivity index (χ2v) is 4.47. The molecule has 0 saturated heterocycles. The molecule has 0 aliphatic heterocycles. The summed E-state index contributed by atoms with van der Waals surface area (Å²) in [6, 6.07) is 8.81. The molecule has 0 bridgehead atoms. The fraction of sp³-hybridized carbons (Fsp3) is 0.333. The maximum atomic E-state index is 12.0. The standard InChI is InChI=1S/C15H17NO4/c1-3-19-9-10(2)20-15(18)12-8-11-6-4-5-7-13(11)16-14(12)17/h4-8,10H,3,9H2,1-2H3,(H,16,17)/t10-/m1/s1. The van der Waals surface area contributed by atoms with Crippen LogP contribution in [0.3, 0.4) is 0 Å². The van der Waals surface area contributed by atoms with Gasteiger partial charge < -0.3 is 14.5 Å². The van der Waals surface area contributed by atoms with Crippen LogP contribution >= 0.6 is 0 Å². The molecule has 0 fully saturated rings. The van der Waals surface area contributed by atoms with Crippen molar-refractivity contribution in [3.05, 3.63) is 46.2 Å². The third-order valence-corrected chi connectivity index (χ3v) is 2.84. The predicted molar refractivity (Wildman–Crippen MR) is 75.9 cm³/mol. The summed E-state index contributed by atoms with van der Waals surface area (Å²) in [7, 11) is 0. The number of aromatic nitrogens is 1. The first kappa shape index (κ1) is 14.3. The van der Waals surface area contributed by atoms with Crippen molar-refractivity contribution in [3.63, 3.8) is 0 Å². The summed E-state index contributed by atoms with van der Waals surface area (Å²) in [6.45, 7) is 4.46. The van der Waals surface area contributed by atoms with Crippen molar-refractivity contribution in [2.45, 2.75) is 20.0 Å². The number of ether oxygens (including phenoxy) is 2. The second kappa shape index (κ2) is 6.34. The molecule has 1 heterocycles. The zero-order valence-electron chi connectivity index (χ0n) is 11.5. The summed E-state index contributed by atoms with van der Waals surface area (Å²) in [5.74, 6) is -0.635. The Morgan fingerprint density at radius 1 is 1.35 bits per heavy atom. The van der Waals surface area contributed by atoms with Gasteiger partial charge in [0.1, 0.15) is 11.7 Å². The van der Waals surface area contributed by atoms with Crippen molar-refractivity contribution in [2.24, 2.45) is 0 Å². The van der Waals surface area contributed by atoms with E-state index in [9.17, 15) is 9.59 Å². The molecule has 0 amide bonds. The number of fused-ring (bicyclic) bond motifs is 1. The van der Waals surface area contributed by atoms with Crippen LogP contribution in [0.4, 0.5) is 0 Å². The Kier molecular flexibility index (Phi) is 4.53. The molecular weight excluding hydrogens is 258 g/mol. The molecule has 2 rings (SSSR count). The van der Waals surface area contributed by atoms with Crippen LogP contribution < -0.4 is 5.56 Å². The molecule has 0 aliphatic rings. The Labute approximate surface area is 116 Å². The highest BCUT2D eigenvalue weighted by atomic mass is 16.6. The Balaban J connectivity index is 2.21. The van der Waals surface area contributed by atoms with E-state index in [1.165, 1.54) is 0 Å². The van der Waals surface area contributed by atoms with E-state index in [2.05, 4.69) is 4.98 Å². The number of hydrogen-bond donors (Lipinski definition) is 1. The number of rotatable bonds is 5. The van der Waals surface area contributed by atoms with Crippen LogP contribution in [0.5, 0.6) is 0 Å². The van der Waals surface area contributed by atoms with Crippen LogP contribution in [0.1, 0.15) is 24.2 Å². The van der Waals surface area contributed by atoms with Gasteiger partial charge in [0.2, 0.25) is 0 Å². The zero-order chi connectivity index (χ0) is 14.5. The first-order chi connectivity index (χ1) is 9.61. The number of hydrogen-bond acceptors (Lipinski definition) is 4. The number of para-hydroxylation sites is 1. The fourth-order valence-corrected chi connectivity index (χ4v) is 1.86. The van der Waals surface area contributed by atoms with Crippen molar-refractivity contribution >= 4 is 16.9 Å². The number of H-pyrrole nitrogens is 1. The Hall–Kier alpha value is -2.14. The highest BCUT2D eigenvalue weighted by Gasteiger charge is 2.16. The van der Waals surface area contributed by atoms with Gasteiger partial charge in [-0.25, -0.2) is 4.79 Å². The molecule has 0 spiro atoms. The van der Waals surface area contributed by atoms with Crippen molar-refractivity contribution in [3.8, 4) is 0 Å². The van der Waals surface area contributed by atoms with E-state index in [1.54, 1.807) is 19.1 Å². The number of esters is 1. The van der Waals surface area contributed by atoms with Gasteiger partial charge in [-0.05, 0) is 31.4 Å². The maximum absolute atomic E-state index is 12.0. The van der Waals surface area contributed by atoms with E-state index >= 15 is 0 Å². The monoisotopic (exact) mass is 275 g/mol. The van der Waals surface area contributed by atoms with Crippen molar-refractivity contribution in [1.29, 1.82) is 0 Å². The average molecular weight is 275 g/mol. The lowest BCUT2D eigenvalue weighted by atomic mass is 10.1. The highest BCUT2D eigenvalue weighted by Crippen LogP contribution is 2.11. The van der Waals surface area contributed by atoms with Crippen molar-refractivity contribution in [1.82, 2.24) is 4.98 Å². The molecule has 0 aliphatic carbocycles. The van der Waals surface area contributed by atoms with Crippen LogP contribution in [0, 0.1) is 0 Å². The van der Waals surface area contributed by atoms with E-state index in [4.69, 9.17) is 9.47 Å². The van der Waals surface area contributed by atoms with Gasteiger partial charge in [0.25, 0.3) is 5.56 Å². The molecule has 106 valence electrons. The summed E-state index contributed by atoms with van der Waals surface area (Å²) in [4.78, 5) is 26.5. The van der Waals surface area contributed by atoms with Crippen LogP contribution in [0.15, 0.2) is 35.1 Å². The molecule has 20 heavy (non-hydrogen) atoms. The zero-order valence-corrected chi connectivity index (χ0v) is 11.5. The number of carbonyl (C=O) groups excluding carboxylic acids is 1. The molecule has 0 saturated carbocycles. The molecule has 1 atom stereocenters. The fourth-order valence-electron chi connectivity index (χ4n) is 1.86. The number of aromatic amines is 1. The van der Waals surface area contributed by atoms with Crippen LogP contribution in [-0.4, -0.2) is 30.3 Å². The summed E-state index contributed by atoms with van der Waals surface area (Å²) >= 11 is 0. The minimum Gasteiger partial charge on any atom is -0.456 e. The molecule has 5 heteroatoms. The SMILES string of the molecule is CCOC[C@@H](C)OC(=O)c1cc2ccccc2[nH]c1=O. The molecule has 1 N–H and O–H groups in total. The largest absolute Gasteiger partial charge is 0.456 e. The summed E-state index contributed by atoms with van der Waals surface area (Å²) in [6.07, 6.45) is -0.395. The average Bonchev–Trinajstić information content (AvgIpc) is 2.44. The van der Waals surface area contributed by atoms with E-state index in [1.807, 2.05) is 25.1 Å². The van der Waals surface area contributed by atoms with E-state index < -0.39 is 17.6 Å². The maximum Gasteiger partial charge on any atom is 0.344 e. The van der Waals surface area contributed by atoms with E-state index in [0.717, 1.165) is 5.39 Å². The minimum absolute atomic E-state index is 0.00653. The normalized spacial score (nSPS) is 12.3.